The van der Waals surface area contributed by atoms with Crippen LogP contribution < -0.4 is 5.32 Å². The number of hydrogen-bond donors (Lipinski definition) is 3. The van der Waals surface area contributed by atoms with Gasteiger partial charge in [-0.25, -0.2) is 0 Å². The second-order valence-corrected chi connectivity index (χ2v) is 5.65. The predicted octanol–water partition coefficient (Wildman–Crippen LogP) is 1.84. The molecule has 0 saturated carbocycles. The van der Waals surface area contributed by atoms with Gasteiger partial charge in [0.15, 0.2) is 0 Å². The topological polar surface area (TPSA) is 69.6 Å². The van der Waals surface area contributed by atoms with E-state index < -0.39 is 6.10 Å². The molecule has 4 heteroatoms. The third kappa shape index (κ3) is 4.04. The Morgan fingerprint density at radius 1 is 1.33 bits per heavy atom. The molecule has 1 unspecified atom stereocenters. The van der Waals surface area contributed by atoms with Crippen LogP contribution in [0.1, 0.15) is 36.7 Å². The molecule has 1 atom stereocenters. The summed E-state index contributed by atoms with van der Waals surface area (Å²) in [5.41, 5.74) is 0.937. The Morgan fingerprint density at radius 2 is 1.94 bits per heavy atom. The lowest BCUT2D eigenvalue weighted by molar-refractivity contribution is 0.0587. The number of hydrogen-bond acceptors (Lipinski definition) is 3. The molecule has 0 aliphatic heterocycles. The van der Waals surface area contributed by atoms with Crippen molar-refractivity contribution in [2.75, 3.05) is 6.54 Å². The van der Waals surface area contributed by atoms with E-state index in [1.807, 2.05) is 20.8 Å². The minimum atomic E-state index is -0.611. The second kappa shape index (κ2) is 5.40. The number of phenols is 1. The highest BCUT2D eigenvalue weighted by atomic mass is 16.3. The zero-order chi connectivity index (χ0) is 13.9. The van der Waals surface area contributed by atoms with Crippen molar-refractivity contribution in [2.45, 2.75) is 33.8 Å². The van der Waals surface area contributed by atoms with Crippen LogP contribution in [0.2, 0.25) is 0 Å². The molecule has 0 spiro atoms. The number of benzene rings is 1. The Balaban J connectivity index is 2.66. The summed E-state index contributed by atoms with van der Waals surface area (Å²) in [6.07, 6.45) is -0.611. The van der Waals surface area contributed by atoms with E-state index in [9.17, 15) is 15.0 Å². The predicted molar refractivity (Wildman–Crippen MR) is 70.6 cm³/mol. The highest BCUT2D eigenvalue weighted by molar-refractivity contribution is 5.94. The number of aromatic hydroxyl groups is 1. The first-order valence-corrected chi connectivity index (χ1v) is 5.97. The maximum Gasteiger partial charge on any atom is 0.251 e. The lowest BCUT2D eigenvalue weighted by Gasteiger charge is -2.25. The Kier molecular flexibility index (Phi) is 4.35. The third-order valence-corrected chi connectivity index (χ3v) is 2.78. The van der Waals surface area contributed by atoms with Gasteiger partial charge in [-0.05, 0) is 36.1 Å². The average molecular weight is 251 g/mol. The summed E-state index contributed by atoms with van der Waals surface area (Å²) in [6.45, 7) is 7.71. The smallest absolute Gasteiger partial charge is 0.251 e. The normalized spacial score (nSPS) is 13.2. The van der Waals surface area contributed by atoms with E-state index in [-0.39, 0.29) is 23.6 Å². The molecular formula is C14H21NO3. The molecule has 0 fully saturated rings. The van der Waals surface area contributed by atoms with Gasteiger partial charge >= 0.3 is 0 Å². The Hall–Kier alpha value is -1.55. The number of phenolic OH excluding ortho intramolecular Hbond substituents is 1. The lowest BCUT2D eigenvalue weighted by atomic mass is 9.89. The SMILES string of the molecule is Cc1cc(O)cc(C(=O)NCC(O)C(C)(C)C)c1. The molecule has 0 bridgehead atoms. The third-order valence-electron chi connectivity index (χ3n) is 2.78. The van der Waals surface area contributed by atoms with E-state index in [1.54, 1.807) is 19.1 Å². The lowest BCUT2D eigenvalue weighted by Crippen LogP contribution is -2.39. The monoisotopic (exact) mass is 251 g/mol. The van der Waals surface area contributed by atoms with Gasteiger partial charge in [0.2, 0.25) is 0 Å². The maximum atomic E-state index is 11.8. The van der Waals surface area contributed by atoms with E-state index in [0.29, 0.717) is 5.56 Å². The van der Waals surface area contributed by atoms with E-state index in [4.69, 9.17) is 0 Å². The molecule has 0 saturated heterocycles. The molecule has 0 aliphatic carbocycles. The van der Waals surface area contributed by atoms with Crippen molar-refractivity contribution < 1.29 is 15.0 Å². The summed E-state index contributed by atoms with van der Waals surface area (Å²) in [4.78, 5) is 11.8. The molecule has 0 heterocycles. The Bertz CT molecular complexity index is 415. The summed E-state index contributed by atoms with van der Waals surface area (Å²) < 4.78 is 0. The van der Waals surface area contributed by atoms with Crippen molar-refractivity contribution in [1.82, 2.24) is 5.32 Å². The quantitative estimate of drug-likeness (QED) is 0.767. The summed E-state index contributed by atoms with van der Waals surface area (Å²) in [5, 5.41) is 21.9. The number of nitrogens with one attached hydrogen (secondary N) is 1. The van der Waals surface area contributed by atoms with Crippen molar-refractivity contribution in [2.24, 2.45) is 5.41 Å². The molecule has 4 nitrogen and oxygen atoms in total. The van der Waals surface area contributed by atoms with Crippen LogP contribution in [-0.2, 0) is 0 Å². The van der Waals surface area contributed by atoms with E-state index in [1.165, 1.54) is 6.07 Å². The average Bonchev–Trinajstić information content (AvgIpc) is 2.22. The van der Waals surface area contributed by atoms with Crippen LogP contribution in [0.25, 0.3) is 0 Å². The fourth-order valence-corrected chi connectivity index (χ4v) is 1.49. The van der Waals surface area contributed by atoms with Crippen molar-refractivity contribution in [3.05, 3.63) is 29.3 Å². The van der Waals surface area contributed by atoms with Gasteiger partial charge in [0.1, 0.15) is 5.75 Å². The van der Waals surface area contributed by atoms with E-state index in [0.717, 1.165) is 5.56 Å². The van der Waals surface area contributed by atoms with Crippen LogP contribution in [-0.4, -0.2) is 28.8 Å². The maximum absolute atomic E-state index is 11.8. The summed E-state index contributed by atoms with van der Waals surface area (Å²) >= 11 is 0. The van der Waals surface area contributed by atoms with Crippen LogP contribution >= 0.6 is 0 Å². The molecule has 1 rings (SSSR count). The van der Waals surface area contributed by atoms with Gasteiger partial charge in [0, 0.05) is 12.1 Å². The molecule has 100 valence electrons. The number of carbonyl (C=O) groups is 1. The molecule has 0 aliphatic rings. The number of aliphatic hydroxyl groups is 1. The number of rotatable bonds is 3. The fraction of sp³-hybridized carbons (Fsp3) is 0.500. The van der Waals surface area contributed by atoms with Gasteiger partial charge in [0.05, 0.1) is 6.10 Å². The molecule has 18 heavy (non-hydrogen) atoms. The molecule has 0 aromatic heterocycles. The molecule has 1 aromatic rings. The first-order valence-electron chi connectivity index (χ1n) is 5.97. The number of amides is 1. The molecule has 1 aromatic carbocycles. The Morgan fingerprint density at radius 3 is 2.44 bits per heavy atom. The fourth-order valence-electron chi connectivity index (χ4n) is 1.49. The number of aliphatic hydroxyl groups excluding tert-OH is 1. The van der Waals surface area contributed by atoms with Crippen LogP contribution in [0.15, 0.2) is 18.2 Å². The highest BCUT2D eigenvalue weighted by Gasteiger charge is 2.22. The van der Waals surface area contributed by atoms with Crippen molar-refractivity contribution in [3.63, 3.8) is 0 Å². The molecular weight excluding hydrogens is 230 g/mol. The summed E-state index contributed by atoms with van der Waals surface area (Å²) in [7, 11) is 0. The van der Waals surface area contributed by atoms with Crippen molar-refractivity contribution >= 4 is 5.91 Å². The Labute approximate surface area is 108 Å². The highest BCUT2D eigenvalue weighted by Crippen LogP contribution is 2.19. The minimum Gasteiger partial charge on any atom is -0.508 e. The van der Waals surface area contributed by atoms with Crippen LogP contribution in [0.3, 0.4) is 0 Å². The minimum absolute atomic E-state index is 0.0662. The summed E-state index contributed by atoms with van der Waals surface area (Å²) in [6, 6.07) is 4.69. The van der Waals surface area contributed by atoms with Crippen LogP contribution in [0.5, 0.6) is 5.75 Å². The number of aryl methyl sites for hydroxylation is 1. The first kappa shape index (κ1) is 14.5. The standard InChI is InChI=1S/C14H21NO3/c1-9-5-10(7-11(16)6-9)13(18)15-8-12(17)14(2,3)4/h5-7,12,16-17H,8H2,1-4H3,(H,15,18). The summed E-state index contributed by atoms with van der Waals surface area (Å²) in [5.74, 6) is -0.228. The van der Waals surface area contributed by atoms with Gasteiger partial charge in [-0.15, -0.1) is 0 Å². The molecule has 0 radical (unpaired) electrons. The molecule has 1 amide bonds. The number of carbonyl (C=O) groups excluding carboxylic acids is 1. The molecule has 3 N–H and O–H groups in total. The van der Waals surface area contributed by atoms with Crippen LogP contribution in [0, 0.1) is 12.3 Å². The van der Waals surface area contributed by atoms with Crippen molar-refractivity contribution in [1.29, 1.82) is 0 Å². The van der Waals surface area contributed by atoms with Gasteiger partial charge < -0.3 is 15.5 Å². The van der Waals surface area contributed by atoms with Gasteiger partial charge in [0.25, 0.3) is 5.91 Å². The van der Waals surface area contributed by atoms with Crippen molar-refractivity contribution in [3.8, 4) is 5.75 Å². The zero-order valence-electron chi connectivity index (χ0n) is 11.3. The van der Waals surface area contributed by atoms with E-state index >= 15 is 0 Å². The van der Waals surface area contributed by atoms with Crippen LogP contribution in [0.4, 0.5) is 0 Å². The second-order valence-electron chi connectivity index (χ2n) is 5.65. The van der Waals surface area contributed by atoms with Gasteiger partial charge in [-0.2, -0.15) is 0 Å². The van der Waals surface area contributed by atoms with Gasteiger partial charge in [-0.3, -0.25) is 4.79 Å². The first-order chi connectivity index (χ1) is 8.20. The van der Waals surface area contributed by atoms with E-state index in [2.05, 4.69) is 5.32 Å². The largest absolute Gasteiger partial charge is 0.508 e. The zero-order valence-corrected chi connectivity index (χ0v) is 11.3. The van der Waals surface area contributed by atoms with Gasteiger partial charge in [-0.1, -0.05) is 20.8 Å².